The van der Waals surface area contributed by atoms with Crippen molar-refractivity contribution in [2.75, 3.05) is 24.3 Å². The minimum atomic E-state index is -0.515. The fourth-order valence-corrected chi connectivity index (χ4v) is 3.03. The van der Waals surface area contributed by atoms with Crippen LogP contribution in [0.4, 0.5) is 11.4 Å². The second-order valence-corrected chi connectivity index (χ2v) is 7.57. The van der Waals surface area contributed by atoms with E-state index in [1.165, 1.54) is 7.11 Å². The Labute approximate surface area is 180 Å². The van der Waals surface area contributed by atoms with Crippen molar-refractivity contribution in [2.24, 2.45) is 11.8 Å². The first-order valence-electron chi connectivity index (χ1n) is 10.0. The van der Waals surface area contributed by atoms with Crippen molar-refractivity contribution >= 4 is 35.1 Å². The molecular weight excluding hydrogens is 398 g/mol. The standard InChI is InChI=1S/C23H25N3O5/c1-14-11-19(14)23(30)26-18-9-5-16(6-10-18)22(29)25-17-7-3-15(4-8-17)12-20(27)24-13-21(28)31-2/h3-10,14,19H,11-13H2,1-2H3,(H,24,27)(H,25,29)(H,26,30). The Morgan fingerprint density at radius 2 is 1.52 bits per heavy atom. The van der Waals surface area contributed by atoms with Gasteiger partial charge in [-0.25, -0.2) is 0 Å². The van der Waals surface area contributed by atoms with Gasteiger partial charge in [0.25, 0.3) is 5.91 Å². The Hall–Kier alpha value is -3.68. The molecule has 2 aromatic carbocycles. The summed E-state index contributed by atoms with van der Waals surface area (Å²) in [6, 6.07) is 13.6. The molecule has 0 spiro atoms. The van der Waals surface area contributed by atoms with Crippen molar-refractivity contribution in [1.82, 2.24) is 5.32 Å². The number of rotatable bonds is 8. The predicted octanol–water partition coefficient (Wildman–Crippen LogP) is 2.37. The number of benzene rings is 2. The molecule has 1 saturated carbocycles. The van der Waals surface area contributed by atoms with Crippen LogP contribution < -0.4 is 16.0 Å². The highest BCUT2D eigenvalue weighted by atomic mass is 16.5. The van der Waals surface area contributed by atoms with E-state index in [0.29, 0.717) is 22.9 Å². The molecule has 0 aliphatic heterocycles. The number of anilines is 2. The molecule has 3 rings (SSSR count). The second-order valence-electron chi connectivity index (χ2n) is 7.57. The van der Waals surface area contributed by atoms with E-state index in [1.807, 2.05) is 6.92 Å². The zero-order chi connectivity index (χ0) is 22.4. The maximum absolute atomic E-state index is 12.4. The fourth-order valence-electron chi connectivity index (χ4n) is 3.03. The van der Waals surface area contributed by atoms with Crippen LogP contribution in [0.25, 0.3) is 0 Å². The molecule has 8 heteroatoms. The number of carbonyl (C=O) groups excluding carboxylic acids is 4. The zero-order valence-electron chi connectivity index (χ0n) is 17.4. The molecule has 3 N–H and O–H groups in total. The maximum atomic E-state index is 12.4. The molecule has 162 valence electrons. The first kappa shape index (κ1) is 22.0. The lowest BCUT2D eigenvalue weighted by atomic mass is 10.1. The van der Waals surface area contributed by atoms with Crippen molar-refractivity contribution in [3.63, 3.8) is 0 Å². The van der Waals surface area contributed by atoms with E-state index in [2.05, 4.69) is 20.7 Å². The van der Waals surface area contributed by atoms with Crippen LogP contribution in [-0.4, -0.2) is 37.3 Å². The Morgan fingerprint density at radius 1 is 0.935 bits per heavy atom. The van der Waals surface area contributed by atoms with Gasteiger partial charge in [0.05, 0.1) is 13.5 Å². The number of ether oxygens (including phenoxy) is 1. The van der Waals surface area contributed by atoms with Crippen molar-refractivity contribution in [1.29, 1.82) is 0 Å². The number of hydrogen-bond donors (Lipinski definition) is 3. The van der Waals surface area contributed by atoms with Crippen molar-refractivity contribution in [2.45, 2.75) is 19.8 Å². The molecule has 1 aliphatic rings. The number of hydrogen-bond acceptors (Lipinski definition) is 5. The fraction of sp³-hybridized carbons (Fsp3) is 0.304. The Kier molecular flexibility index (Phi) is 7.02. The normalized spacial score (nSPS) is 16.7. The van der Waals surface area contributed by atoms with Gasteiger partial charge in [0.15, 0.2) is 0 Å². The van der Waals surface area contributed by atoms with Crippen LogP contribution in [-0.2, 0) is 25.5 Å². The highest BCUT2D eigenvalue weighted by Crippen LogP contribution is 2.38. The van der Waals surface area contributed by atoms with E-state index < -0.39 is 5.97 Å². The summed E-state index contributed by atoms with van der Waals surface area (Å²) >= 11 is 0. The summed E-state index contributed by atoms with van der Waals surface area (Å²) in [6.07, 6.45) is 1.03. The first-order valence-corrected chi connectivity index (χ1v) is 10.0. The van der Waals surface area contributed by atoms with Gasteiger partial charge in [-0.1, -0.05) is 19.1 Å². The molecule has 0 radical (unpaired) electrons. The molecule has 1 aliphatic carbocycles. The maximum Gasteiger partial charge on any atom is 0.325 e. The summed E-state index contributed by atoms with van der Waals surface area (Å²) in [5.41, 5.74) is 2.45. The van der Waals surface area contributed by atoms with Crippen LogP contribution in [0.1, 0.15) is 29.3 Å². The smallest absolute Gasteiger partial charge is 0.325 e. The van der Waals surface area contributed by atoms with Gasteiger partial charge in [-0.15, -0.1) is 0 Å². The number of carbonyl (C=O) groups is 4. The Bertz CT molecular complexity index is 970. The van der Waals surface area contributed by atoms with E-state index in [4.69, 9.17) is 0 Å². The third kappa shape index (κ3) is 6.40. The van der Waals surface area contributed by atoms with Crippen molar-refractivity contribution < 1.29 is 23.9 Å². The minimum absolute atomic E-state index is 0.0174. The highest BCUT2D eigenvalue weighted by molar-refractivity contribution is 6.04. The molecule has 2 atom stereocenters. The summed E-state index contributed by atoms with van der Waals surface area (Å²) in [5.74, 6) is -0.554. The van der Waals surface area contributed by atoms with Crippen LogP contribution in [0.5, 0.6) is 0 Å². The van der Waals surface area contributed by atoms with Crippen LogP contribution in [0.15, 0.2) is 48.5 Å². The van der Waals surface area contributed by atoms with Gasteiger partial charge in [-0.2, -0.15) is 0 Å². The number of nitrogens with one attached hydrogen (secondary N) is 3. The van der Waals surface area contributed by atoms with Crippen LogP contribution >= 0.6 is 0 Å². The topological polar surface area (TPSA) is 114 Å². The van der Waals surface area contributed by atoms with Crippen LogP contribution in [0, 0.1) is 11.8 Å². The SMILES string of the molecule is COC(=O)CNC(=O)Cc1ccc(NC(=O)c2ccc(NC(=O)C3CC3C)cc2)cc1. The molecule has 31 heavy (non-hydrogen) atoms. The molecule has 2 aromatic rings. The average Bonchev–Trinajstić information content (AvgIpc) is 3.50. The van der Waals surface area contributed by atoms with Gasteiger partial charge >= 0.3 is 5.97 Å². The third-order valence-electron chi connectivity index (χ3n) is 5.09. The number of esters is 1. The van der Waals surface area contributed by atoms with E-state index in [0.717, 1.165) is 12.0 Å². The lowest BCUT2D eigenvalue weighted by Crippen LogP contribution is -2.31. The van der Waals surface area contributed by atoms with Gasteiger partial charge in [-0.3, -0.25) is 19.2 Å². The largest absolute Gasteiger partial charge is 0.468 e. The quantitative estimate of drug-likeness (QED) is 0.564. The van der Waals surface area contributed by atoms with Crippen molar-refractivity contribution in [3.05, 3.63) is 59.7 Å². The summed E-state index contributed by atoms with van der Waals surface area (Å²) in [5, 5.41) is 8.12. The summed E-state index contributed by atoms with van der Waals surface area (Å²) in [4.78, 5) is 47.3. The van der Waals surface area contributed by atoms with Gasteiger partial charge in [0.1, 0.15) is 6.54 Å². The lowest BCUT2D eigenvalue weighted by Gasteiger charge is -2.09. The second kappa shape index (κ2) is 9.88. The monoisotopic (exact) mass is 423 g/mol. The lowest BCUT2D eigenvalue weighted by molar-refractivity contribution is -0.141. The molecule has 0 aromatic heterocycles. The Balaban J connectivity index is 1.49. The molecule has 0 heterocycles. The molecule has 0 bridgehead atoms. The third-order valence-corrected chi connectivity index (χ3v) is 5.09. The van der Waals surface area contributed by atoms with Crippen molar-refractivity contribution in [3.8, 4) is 0 Å². The van der Waals surface area contributed by atoms with Gasteiger partial charge in [0, 0.05) is 22.9 Å². The number of amides is 3. The van der Waals surface area contributed by atoms with Gasteiger partial charge < -0.3 is 20.7 Å². The van der Waals surface area contributed by atoms with Gasteiger partial charge in [-0.05, 0) is 54.3 Å². The van der Waals surface area contributed by atoms with Crippen LogP contribution in [0.3, 0.4) is 0 Å². The minimum Gasteiger partial charge on any atom is -0.468 e. The molecular formula is C23H25N3O5. The molecule has 3 amide bonds. The number of methoxy groups -OCH3 is 1. The molecule has 8 nitrogen and oxygen atoms in total. The van der Waals surface area contributed by atoms with Crippen LogP contribution in [0.2, 0.25) is 0 Å². The highest BCUT2D eigenvalue weighted by Gasteiger charge is 2.39. The summed E-state index contributed by atoms with van der Waals surface area (Å²) in [6.45, 7) is 1.87. The predicted molar refractivity (Wildman–Crippen MR) is 115 cm³/mol. The molecule has 0 saturated heterocycles. The van der Waals surface area contributed by atoms with E-state index >= 15 is 0 Å². The summed E-state index contributed by atoms with van der Waals surface area (Å²) < 4.78 is 4.47. The van der Waals surface area contributed by atoms with Gasteiger partial charge in [0.2, 0.25) is 11.8 Å². The van der Waals surface area contributed by atoms with E-state index in [1.54, 1.807) is 48.5 Å². The summed E-state index contributed by atoms with van der Waals surface area (Å²) in [7, 11) is 1.25. The average molecular weight is 423 g/mol. The first-order chi connectivity index (χ1) is 14.9. The van der Waals surface area contributed by atoms with E-state index in [9.17, 15) is 19.2 Å². The molecule has 1 fully saturated rings. The molecule has 2 unspecified atom stereocenters. The van der Waals surface area contributed by atoms with E-state index in [-0.39, 0.29) is 36.6 Å². The Morgan fingerprint density at radius 3 is 2.10 bits per heavy atom. The zero-order valence-corrected chi connectivity index (χ0v) is 17.4.